The Morgan fingerprint density at radius 3 is 2.63 bits per heavy atom. The summed E-state index contributed by atoms with van der Waals surface area (Å²) in [5, 5.41) is -0.201. The van der Waals surface area contributed by atoms with Crippen molar-refractivity contribution >= 4 is 21.4 Å². The van der Waals surface area contributed by atoms with Gasteiger partial charge in [-0.25, -0.2) is 22.2 Å². The fraction of sp³-hybridized carbons (Fsp3) is 0.500. The number of hydrogen-bond donors (Lipinski definition) is 1. The molecule has 1 saturated carbocycles. The van der Waals surface area contributed by atoms with Gasteiger partial charge in [0.25, 0.3) is 0 Å². The summed E-state index contributed by atoms with van der Waals surface area (Å²) in [6, 6.07) is 4.05. The summed E-state index contributed by atoms with van der Waals surface area (Å²) >= 11 is 5.89. The lowest BCUT2D eigenvalue weighted by Gasteiger charge is -2.29. The number of ether oxygens (including phenoxy) is 1. The third kappa shape index (κ3) is 4.50. The highest BCUT2D eigenvalue weighted by atomic mass is 35.5. The number of alkyl halides is 1. The highest BCUT2D eigenvalue weighted by Gasteiger charge is 2.32. The minimum Gasteiger partial charge on any atom is -0.359 e. The average Bonchev–Trinajstić information content (AvgIpc) is 2.98. The SMILES string of the molecule is Cc1[nH]c(C(OC2CCCCC2F)c2ccc(F)c(Cl)c2)nc1S(C)(=O)=O. The number of aryl methyl sites for hydroxylation is 1. The quantitative estimate of drug-likeness (QED) is 0.785. The second-order valence-electron chi connectivity index (χ2n) is 6.85. The van der Waals surface area contributed by atoms with Crippen molar-refractivity contribution in [3.05, 3.63) is 46.1 Å². The van der Waals surface area contributed by atoms with Crippen LogP contribution in [0.5, 0.6) is 0 Å². The zero-order valence-electron chi connectivity index (χ0n) is 15.0. The minimum atomic E-state index is -3.55. The number of nitrogens with one attached hydrogen (secondary N) is 1. The minimum absolute atomic E-state index is 0.0975. The van der Waals surface area contributed by atoms with Crippen LogP contribution in [0.25, 0.3) is 0 Å². The van der Waals surface area contributed by atoms with Crippen molar-refractivity contribution in [3.8, 4) is 0 Å². The van der Waals surface area contributed by atoms with Gasteiger partial charge in [0.15, 0.2) is 14.9 Å². The number of halogens is 3. The van der Waals surface area contributed by atoms with Gasteiger partial charge >= 0.3 is 0 Å². The lowest BCUT2D eigenvalue weighted by Crippen LogP contribution is -2.31. The number of benzene rings is 1. The van der Waals surface area contributed by atoms with Gasteiger partial charge in [0.05, 0.1) is 16.8 Å². The maximum Gasteiger partial charge on any atom is 0.194 e. The summed E-state index contributed by atoms with van der Waals surface area (Å²) in [6.07, 6.45) is 0.989. The van der Waals surface area contributed by atoms with Crippen molar-refractivity contribution in [1.82, 2.24) is 9.97 Å². The van der Waals surface area contributed by atoms with Crippen LogP contribution >= 0.6 is 11.6 Å². The van der Waals surface area contributed by atoms with Gasteiger partial charge in [-0.2, -0.15) is 0 Å². The summed E-state index contributed by atoms with van der Waals surface area (Å²) < 4.78 is 57.7. The number of imidazole rings is 1. The second kappa shape index (κ2) is 7.85. The van der Waals surface area contributed by atoms with Gasteiger partial charge in [-0.15, -0.1) is 0 Å². The van der Waals surface area contributed by atoms with E-state index in [4.69, 9.17) is 16.3 Å². The van der Waals surface area contributed by atoms with Gasteiger partial charge in [-0.1, -0.05) is 30.5 Å². The Morgan fingerprint density at radius 1 is 1.33 bits per heavy atom. The first-order valence-corrected chi connectivity index (χ1v) is 10.9. The number of aromatic nitrogens is 2. The number of sulfone groups is 1. The van der Waals surface area contributed by atoms with Gasteiger partial charge in [-0.3, -0.25) is 0 Å². The summed E-state index contributed by atoms with van der Waals surface area (Å²) in [7, 11) is -3.55. The topological polar surface area (TPSA) is 72.0 Å². The molecule has 2 aromatic rings. The van der Waals surface area contributed by atoms with Crippen molar-refractivity contribution in [1.29, 1.82) is 0 Å². The third-order valence-electron chi connectivity index (χ3n) is 4.64. The number of rotatable bonds is 5. The Bertz CT molecular complexity index is 933. The summed E-state index contributed by atoms with van der Waals surface area (Å²) in [5.74, 6) is -0.374. The van der Waals surface area contributed by atoms with Crippen LogP contribution in [0, 0.1) is 12.7 Å². The van der Waals surface area contributed by atoms with Crippen LogP contribution in [-0.2, 0) is 14.6 Å². The molecule has 1 heterocycles. The van der Waals surface area contributed by atoms with E-state index in [9.17, 15) is 17.2 Å². The molecule has 0 aliphatic heterocycles. The predicted octanol–water partition coefficient (Wildman–Crippen LogP) is 4.30. The van der Waals surface area contributed by atoms with Crippen molar-refractivity contribution in [3.63, 3.8) is 0 Å². The van der Waals surface area contributed by atoms with Crippen molar-refractivity contribution < 1.29 is 21.9 Å². The van der Waals surface area contributed by atoms with Gasteiger partial charge in [0.2, 0.25) is 0 Å². The Kier molecular flexibility index (Phi) is 5.88. The highest BCUT2D eigenvalue weighted by Crippen LogP contribution is 2.34. The molecule has 0 bridgehead atoms. The van der Waals surface area contributed by atoms with Crippen LogP contribution in [0.3, 0.4) is 0 Å². The zero-order valence-corrected chi connectivity index (χ0v) is 16.6. The molecule has 0 amide bonds. The van der Waals surface area contributed by atoms with Crippen molar-refractivity contribution in [2.24, 2.45) is 0 Å². The number of H-pyrrole nitrogens is 1. The van der Waals surface area contributed by atoms with Gasteiger partial charge in [0, 0.05) is 6.26 Å². The summed E-state index contributed by atoms with van der Waals surface area (Å²) in [4.78, 5) is 7.09. The lowest BCUT2D eigenvalue weighted by atomic mass is 9.95. The fourth-order valence-electron chi connectivity index (χ4n) is 3.31. The smallest absolute Gasteiger partial charge is 0.194 e. The van der Waals surface area contributed by atoms with Crippen molar-refractivity contribution in [2.45, 2.75) is 56.0 Å². The van der Waals surface area contributed by atoms with E-state index in [1.54, 1.807) is 6.92 Å². The summed E-state index contributed by atoms with van der Waals surface area (Å²) in [5.41, 5.74) is 0.822. The van der Waals surface area contributed by atoms with E-state index < -0.39 is 34.0 Å². The van der Waals surface area contributed by atoms with E-state index in [0.717, 1.165) is 19.1 Å². The van der Waals surface area contributed by atoms with E-state index in [-0.39, 0.29) is 15.9 Å². The Labute approximate surface area is 162 Å². The standard InChI is InChI=1S/C18H21ClF2N2O3S/c1-10-18(27(2,24)25)23-17(22-10)16(11-7-8-13(20)12(19)9-11)26-15-6-4-3-5-14(15)21/h7-9,14-16H,3-6H2,1-2H3,(H,22,23). The van der Waals surface area contributed by atoms with E-state index in [1.807, 2.05) is 0 Å². The largest absolute Gasteiger partial charge is 0.359 e. The molecule has 1 aliphatic carbocycles. The van der Waals surface area contributed by atoms with Crippen LogP contribution in [0.1, 0.15) is 48.9 Å². The molecule has 3 rings (SSSR count). The highest BCUT2D eigenvalue weighted by molar-refractivity contribution is 7.90. The molecule has 5 nitrogen and oxygen atoms in total. The lowest BCUT2D eigenvalue weighted by molar-refractivity contribution is -0.0578. The Balaban J connectivity index is 2.02. The molecule has 1 aromatic carbocycles. The summed E-state index contributed by atoms with van der Waals surface area (Å²) in [6.45, 7) is 1.58. The Hall–Kier alpha value is -1.51. The number of nitrogens with zero attached hydrogens (tertiary/aromatic N) is 1. The normalized spacial score (nSPS) is 22.0. The van der Waals surface area contributed by atoms with E-state index in [2.05, 4.69) is 9.97 Å². The van der Waals surface area contributed by atoms with Crippen LogP contribution in [0.4, 0.5) is 8.78 Å². The predicted molar refractivity (Wildman–Crippen MR) is 97.9 cm³/mol. The van der Waals surface area contributed by atoms with Crippen molar-refractivity contribution in [2.75, 3.05) is 6.26 Å². The molecule has 0 spiro atoms. The molecule has 0 saturated heterocycles. The van der Waals surface area contributed by atoms with Crippen LogP contribution < -0.4 is 0 Å². The van der Waals surface area contributed by atoms with E-state index in [1.165, 1.54) is 18.2 Å². The molecule has 3 atom stereocenters. The molecular weight excluding hydrogens is 398 g/mol. The molecule has 148 valence electrons. The third-order valence-corrected chi connectivity index (χ3v) is 6.03. The van der Waals surface area contributed by atoms with Gasteiger partial charge in [0.1, 0.15) is 23.9 Å². The molecule has 1 N–H and O–H groups in total. The second-order valence-corrected chi connectivity index (χ2v) is 9.19. The molecule has 1 aromatic heterocycles. The number of hydrogen-bond acceptors (Lipinski definition) is 4. The van der Waals surface area contributed by atoms with Gasteiger partial charge < -0.3 is 9.72 Å². The molecule has 9 heteroatoms. The average molecular weight is 419 g/mol. The maximum atomic E-state index is 14.3. The molecule has 27 heavy (non-hydrogen) atoms. The molecule has 0 radical (unpaired) electrons. The fourth-order valence-corrected chi connectivity index (χ4v) is 4.37. The molecular formula is C18H21ClF2N2O3S. The monoisotopic (exact) mass is 418 g/mol. The molecule has 1 aliphatic rings. The first kappa shape index (κ1) is 20.2. The first-order chi connectivity index (χ1) is 12.7. The van der Waals surface area contributed by atoms with Crippen LogP contribution in [0.2, 0.25) is 5.02 Å². The van der Waals surface area contributed by atoms with E-state index in [0.29, 0.717) is 24.1 Å². The Morgan fingerprint density at radius 2 is 2.04 bits per heavy atom. The van der Waals surface area contributed by atoms with Crippen LogP contribution in [0.15, 0.2) is 23.2 Å². The van der Waals surface area contributed by atoms with Gasteiger partial charge in [-0.05, 0) is 37.5 Å². The molecule has 1 fully saturated rings. The molecule has 3 unspecified atom stereocenters. The zero-order chi connectivity index (χ0) is 19.8. The van der Waals surface area contributed by atoms with E-state index >= 15 is 0 Å². The van der Waals surface area contributed by atoms with Crippen LogP contribution in [-0.4, -0.2) is 36.9 Å². The number of aromatic amines is 1. The maximum absolute atomic E-state index is 14.3. The first-order valence-electron chi connectivity index (χ1n) is 8.68.